The van der Waals surface area contributed by atoms with Crippen molar-refractivity contribution in [3.63, 3.8) is 0 Å². The molecule has 152 valence electrons. The van der Waals surface area contributed by atoms with Crippen LogP contribution in [-0.4, -0.2) is 17.8 Å². The summed E-state index contributed by atoms with van der Waals surface area (Å²) in [6.07, 6.45) is 6.06. The van der Waals surface area contributed by atoms with Crippen LogP contribution in [0.25, 0.3) is 5.57 Å². The Morgan fingerprint density at radius 3 is 2.46 bits per heavy atom. The summed E-state index contributed by atoms with van der Waals surface area (Å²) in [5.41, 5.74) is 1.56. The molecule has 0 bridgehead atoms. The van der Waals surface area contributed by atoms with Gasteiger partial charge in [0.25, 0.3) is 0 Å². The van der Waals surface area contributed by atoms with E-state index in [9.17, 15) is 13.9 Å². The van der Waals surface area contributed by atoms with Crippen LogP contribution in [0, 0.1) is 11.6 Å². The Balaban J connectivity index is 1.62. The number of nitrogens with one attached hydrogen (secondary N) is 1. The van der Waals surface area contributed by atoms with Gasteiger partial charge in [-0.2, -0.15) is 0 Å². The van der Waals surface area contributed by atoms with E-state index in [1.807, 2.05) is 6.92 Å². The number of halogens is 2. The molecule has 1 atom stereocenters. The summed E-state index contributed by atoms with van der Waals surface area (Å²) in [5.74, 6) is -1.15. The van der Waals surface area contributed by atoms with Gasteiger partial charge in [0.05, 0.1) is 11.6 Å². The molecule has 28 heavy (non-hydrogen) atoms. The first-order chi connectivity index (χ1) is 13.4. The number of rotatable bonds is 8. The van der Waals surface area contributed by atoms with E-state index >= 15 is 0 Å². The zero-order valence-corrected chi connectivity index (χ0v) is 17.3. The molecule has 1 aromatic carbocycles. The van der Waals surface area contributed by atoms with Gasteiger partial charge in [-0.3, -0.25) is 0 Å². The third-order valence-electron chi connectivity index (χ3n) is 5.57. The first kappa shape index (κ1) is 21.2. The lowest BCUT2D eigenvalue weighted by Gasteiger charge is -2.38. The highest BCUT2D eigenvalue weighted by Crippen LogP contribution is 2.41. The maximum Gasteiger partial charge on any atom is 0.126 e. The Bertz CT molecular complexity index is 790. The number of hydrogen-bond acceptors (Lipinski definition) is 3. The lowest BCUT2D eigenvalue weighted by atomic mass is 9.80. The smallest absolute Gasteiger partial charge is 0.126 e. The lowest BCUT2D eigenvalue weighted by molar-refractivity contribution is 0.133. The largest absolute Gasteiger partial charge is 0.392 e. The van der Waals surface area contributed by atoms with E-state index in [1.54, 1.807) is 11.3 Å². The standard InChI is InChI=1S/C23H29F2NOS/c1-16(2)21-8-9-22(28-21)23(10-4-3-5-11-23)26-15-20(27)7-6-17-12-18(24)14-19(25)13-17/h8-9,12-14,20,26-27H,1,3-7,10-11,15H2,2H3/t20-/m0/s1. The summed E-state index contributed by atoms with van der Waals surface area (Å²) >= 11 is 1.78. The minimum absolute atomic E-state index is 0.0947. The number of thiophene rings is 1. The van der Waals surface area contributed by atoms with E-state index in [4.69, 9.17) is 0 Å². The average Bonchev–Trinajstić information content (AvgIpc) is 3.16. The van der Waals surface area contributed by atoms with Gasteiger partial charge < -0.3 is 10.4 Å². The highest BCUT2D eigenvalue weighted by atomic mass is 32.1. The summed E-state index contributed by atoms with van der Waals surface area (Å²) < 4.78 is 26.6. The summed E-state index contributed by atoms with van der Waals surface area (Å²) in [4.78, 5) is 2.51. The normalized spacial score (nSPS) is 17.4. The lowest BCUT2D eigenvalue weighted by Crippen LogP contribution is -2.46. The molecular formula is C23H29F2NOS. The van der Waals surface area contributed by atoms with Crippen LogP contribution in [0.15, 0.2) is 36.9 Å². The summed E-state index contributed by atoms with van der Waals surface area (Å²) in [6, 6.07) is 7.85. The van der Waals surface area contributed by atoms with Crippen molar-refractivity contribution in [3.8, 4) is 0 Å². The van der Waals surface area contributed by atoms with E-state index in [-0.39, 0.29) is 5.54 Å². The maximum atomic E-state index is 13.3. The molecule has 2 aromatic rings. The second kappa shape index (κ2) is 9.29. The second-order valence-electron chi connectivity index (χ2n) is 7.94. The van der Waals surface area contributed by atoms with Crippen molar-refractivity contribution in [1.82, 2.24) is 5.32 Å². The quantitative estimate of drug-likeness (QED) is 0.581. The highest BCUT2D eigenvalue weighted by molar-refractivity contribution is 7.13. The first-order valence-corrected chi connectivity index (χ1v) is 10.8. The maximum absolute atomic E-state index is 13.3. The average molecular weight is 406 g/mol. The Labute approximate surface area is 170 Å². The number of aliphatic hydroxyl groups is 1. The van der Waals surface area contributed by atoms with Crippen molar-refractivity contribution in [2.75, 3.05) is 6.54 Å². The van der Waals surface area contributed by atoms with Crippen LogP contribution >= 0.6 is 11.3 Å². The minimum Gasteiger partial charge on any atom is -0.392 e. The van der Waals surface area contributed by atoms with E-state index < -0.39 is 17.7 Å². The Hall–Kier alpha value is -1.56. The highest BCUT2D eigenvalue weighted by Gasteiger charge is 2.35. The van der Waals surface area contributed by atoms with E-state index in [2.05, 4.69) is 24.0 Å². The van der Waals surface area contributed by atoms with Gasteiger partial charge in [-0.05, 0) is 68.0 Å². The predicted octanol–water partition coefficient (Wildman–Crippen LogP) is 5.80. The molecule has 0 saturated heterocycles. The van der Waals surface area contributed by atoms with Crippen molar-refractivity contribution in [2.45, 2.75) is 63.5 Å². The van der Waals surface area contributed by atoms with E-state index in [0.29, 0.717) is 24.9 Å². The molecule has 1 aliphatic carbocycles. The summed E-state index contributed by atoms with van der Waals surface area (Å²) in [7, 11) is 0. The Morgan fingerprint density at radius 2 is 1.86 bits per heavy atom. The van der Waals surface area contributed by atoms with Crippen molar-refractivity contribution in [1.29, 1.82) is 0 Å². The Kier molecular flexibility index (Phi) is 7.02. The Morgan fingerprint density at radius 1 is 1.18 bits per heavy atom. The van der Waals surface area contributed by atoms with Crippen molar-refractivity contribution >= 4 is 16.9 Å². The third kappa shape index (κ3) is 5.28. The molecule has 0 unspecified atom stereocenters. The van der Waals surface area contributed by atoms with Crippen LogP contribution in [0.3, 0.4) is 0 Å². The molecule has 1 aromatic heterocycles. The van der Waals surface area contributed by atoms with Crippen LogP contribution in [0.2, 0.25) is 0 Å². The van der Waals surface area contributed by atoms with Gasteiger partial charge in [0.2, 0.25) is 0 Å². The SMILES string of the molecule is C=C(C)c1ccc(C2(NC[C@@H](O)CCc3cc(F)cc(F)c3)CCCCC2)s1. The van der Waals surface area contributed by atoms with Crippen LogP contribution in [-0.2, 0) is 12.0 Å². The number of benzene rings is 1. The van der Waals surface area contributed by atoms with Gasteiger partial charge in [-0.15, -0.1) is 11.3 Å². The van der Waals surface area contributed by atoms with E-state index in [0.717, 1.165) is 24.5 Å². The first-order valence-electron chi connectivity index (χ1n) is 10.0. The van der Waals surface area contributed by atoms with Gasteiger partial charge in [0, 0.05) is 22.4 Å². The second-order valence-corrected chi connectivity index (χ2v) is 9.02. The van der Waals surface area contributed by atoms with Gasteiger partial charge in [0.15, 0.2) is 0 Å². The fraction of sp³-hybridized carbons (Fsp3) is 0.478. The fourth-order valence-corrected chi connectivity index (χ4v) is 5.15. The molecule has 0 aliphatic heterocycles. The number of aliphatic hydroxyl groups excluding tert-OH is 1. The summed E-state index contributed by atoms with van der Waals surface area (Å²) in [5, 5.41) is 14.1. The van der Waals surface area contributed by atoms with Gasteiger partial charge in [-0.25, -0.2) is 8.78 Å². The molecule has 0 amide bonds. The van der Waals surface area contributed by atoms with Crippen molar-refractivity contribution < 1.29 is 13.9 Å². The monoisotopic (exact) mass is 405 g/mol. The van der Waals surface area contributed by atoms with Crippen molar-refractivity contribution in [3.05, 3.63) is 63.9 Å². The molecule has 5 heteroatoms. The molecule has 0 radical (unpaired) electrons. The van der Waals surface area contributed by atoms with Gasteiger partial charge >= 0.3 is 0 Å². The topological polar surface area (TPSA) is 32.3 Å². The molecule has 3 rings (SSSR count). The van der Waals surface area contributed by atoms with Crippen LogP contribution in [0.1, 0.15) is 60.8 Å². The predicted molar refractivity (Wildman–Crippen MR) is 112 cm³/mol. The molecule has 2 nitrogen and oxygen atoms in total. The molecule has 1 fully saturated rings. The molecule has 1 aliphatic rings. The number of allylic oxidation sites excluding steroid dienone is 1. The molecular weight excluding hydrogens is 376 g/mol. The van der Waals surface area contributed by atoms with Gasteiger partial charge in [0.1, 0.15) is 11.6 Å². The van der Waals surface area contributed by atoms with Crippen LogP contribution in [0.4, 0.5) is 8.78 Å². The number of aryl methyl sites for hydroxylation is 1. The van der Waals surface area contributed by atoms with Crippen LogP contribution in [0.5, 0.6) is 0 Å². The molecule has 1 heterocycles. The number of hydrogen-bond donors (Lipinski definition) is 2. The summed E-state index contributed by atoms with van der Waals surface area (Å²) in [6.45, 7) is 6.54. The third-order valence-corrected chi connectivity index (χ3v) is 7.02. The van der Waals surface area contributed by atoms with E-state index in [1.165, 1.54) is 41.1 Å². The zero-order chi connectivity index (χ0) is 20.1. The fourth-order valence-electron chi connectivity index (χ4n) is 3.99. The molecule has 1 saturated carbocycles. The zero-order valence-electron chi connectivity index (χ0n) is 16.4. The molecule has 2 N–H and O–H groups in total. The van der Waals surface area contributed by atoms with Crippen molar-refractivity contribution in [2.24, 2.45) is 0 Å². The molecule has 0 spiro atoms. The van der Waals surface area contributed by atoms with Gasteiger partial charge in [-0.1, -0.05) is 25.8 Å². The minimum atomic E-state index is -0.574. The van der Waals surface area contributed by atoms with Crippen LogP contribution < -0.4 is 5.32 Å².